The van der Waals surface area contributed by atoms with Crippen molar-refractivity contribution in [2.45, 2.75) is 74.7 Å². The van der Waals surface area contributed by atoms with Crippen molar-refractivity contribution >= 4 is 88.0 Å². The number of hydrogen-bond donors (Lipinski definition) is 4. The fraction of sp³-hybridized carbons (Fsp3) is 0.108. The second-order valence-electron chi connectivity index (χ2n) is 27.1. The van der Waals surface area contributed by atoms with Crippen LogP contribution in [0.1, 0.15) is 80.4 Å². The Labute approximate surface area is 779 Å². The van der Waals surface area contributed by atoms with Crippen LogP contribution in [0.25, 0.3) is 120 Å². The van der Waals surface area contributed by atoms with E-state index in [4.69, 9.17) is 25.4 Å². The summed E-state index contributed by atoms with van der Waals surface area (Å²) in [6.45, 7) is 16.0. The number of nitrogens with zero attached hydrogens (tertiary/aromatic N) is 5. The van der Waals surface area contributed by atoms with Gasteiger partial charge in [-0.15, -0.1) is 161 Å². The topological polar surface area (TPSA) is 214 Å². The van der Waals surface area contributed by atoms with Crippen molar-refractivity contribution in [3.05, 3.63) is 392 Å². The molecule has 0 bridgehead atoms. The maximum atomic E-state index is 10.0. The Morgan fingerprint density at radius 1 is 0.347 bits per heavy atom. The maximum Gasteiger partial charge on any atom is 0.155 e. The Morgan fingerprint density at radius 3 is 1.17 bits per heavy atom. The Kier molecular flexibility index (Phi) is 44.2. The summed E-state index contributed by atoms with van der Waals surface area (Å²) in [4.78, 5) is 64.0. The third-order valence-electron chi connectivity index (χ3n) is 17.1. The molecule has 6 heterocycles. The molecule has 19 heteroatoms. The van der Waals surface area contributed by atoms with Gasteiger partial charge in [-0.1, -0.05) is 189 Å². The van der Waals surface area contributed by atoms with E-state index in [1.54, 1.807) is 11.3 Å². The van der Waals surface area contributed by atoms with E-state index in [0.29, 0.717) is 0 Å². The smallest absolute Gasteiger partial charge is 0.155 e. The minimum absolute atomic E-state index is 0. The van der Waals surface area contributed by atoms with Gasteiger partial charge < -0.3 is 30.4 Å². The number of pyridine rings is 5. The molecular weight excluding hydrogens is 2420 g/mol. The third-order valence-corrected chi connectivity index (χ3v) is 18.2. The van der Waals surface area contributed by atoms with E-state index in [2.05, 4.69) is 179 Å². The maximum absolute atomic E-state index is 10.0. The van der Waals surface area contributed by atoms with Gasteiger partial charge in [-0.25, -0.2) is 11.3 Å². The number of para-hydroxylation sites is 3. The van der Waals surface area contributed by atoms with Crippen LogP contribution in [0.15, 0.2) is 351 Å². The van der Waals surface area contributed by atoms with Crippen molar-refractivity contribution in [3.8, 4) is 66.7 Å². The van der Waals surface area contributed by atoms with E-state index in [1.807, 2.05) is 188 Å². The summed E-state index contributed by atoms with van der Waals surface area (Å²) in [7, 11) is 0. The fourth-order valence-corrected chi connectivity index (χ4v) is 13.1. The molecule has 0 saturated carbocycles. The zero-order valence-corrected chi connectivity index (χ0v) is 80.7. The average molecular weight is 2510 g/mol. The first-order chi connectivity index (χ1) is 55.9. The number of allylic oxidation sites excluding steroid dienone is 8. The Bertz CT molecular complexity index is 5860. The van der Waals surface area contributed by atoms with Crippen LogP contribution in [-0.4, -0.2) is 68.5 Å². The summed E-state index contributed by atoms with van der Waals surface area (Å²) in [6.07, 6.45) is 8.33. The van der Waals surface area contributed by atoms with E-state index in [0.717, 1.165) is 72.2 Å². The predicted octanol–water partition coefficient (Wildman–Crippen LogP) is 25.0. The van der Waals surface area contributed by atoms with Crippen LogP contribution in [0.3, 0.4) is 0 Å². The molecule has 1 aliphatic carbocycles. The molecule has 4 N–H and O–H groups in total. The molecule has 0 aliphatic heterocycles. The molecular formula is C102H88Ir5N5O8S-5. The summed E-state index contributed by atoms with van der Waals surface area (Å²) in [5.74, 6) is -0.250. The van der Waals surface area contributed by atoms with Gasteiger partial charge in [0.1, 0.15) is 0 Å². The van der Waals surface area contributed by atoms with Crippen LogP contribution in [0, 0.1) is 30.3 Å². The molecule has 0 unspecified atom stereocenters. The first-order valence-electron chi connectivity index (χ1n) is 37.2. The van der Waals surface area contributed by atoms with Gasteiger partial charge in [0.2, 0.25) is 0 Å². The largest absolute Gasteiger partial charge is 0.512 e. The van der Waals surface area contributed by atoms with Gasteiger partial charge >= 0.3 is 0 Å². The van der Waals surface area contributed by atoms with Crippen LogP contribution in [0.2, 0.25) is 0 Å². The number of thiophene rings is 1. The standard InChI is InChI=1S/C24H18N.3C15H10N.C13H8NS.4C5H8O2.5Ir/c1-24(2)20-9-5-4-8-18(20)19-13-11-17(15-21(19)24)23-14-12-16-7-3-6-10-22(16)25-23;1-2-7-13(8-3-1)15-14-9-5-4-6-12(14)10-11-16-15;2*1-2-6-12(7-3-1)15-11-10-13-8-4-5-9-14(13)16-15;1-2-7-12-10(5-1)9-13(15-12)11-6-3-4-8-14-11;4*1-4(6)3-5(2)7;;;;;/h3-10,12-15H,1-2H3;1-7,9-11H;2*1-6,8-11H;1-8H;4*3,6H,1-2H3;;;;;/q5*-1;;;;;;;;;. The van der Waals surface area contributed by atoms with E-state index >= 15 is 0 Å². The van der Waals surface area contributed by atoms with Crippen molar-refractivity contribution < 1.29 is 140 Å². The number of aliphatic hydroxyl groups is 4. The van der Waals surface area contributed by atoms with Gasteiger partial charge in [0, 0.05) is 143 Å². The minimum atomic E-state index is -0.125. The molecule has 625 valence electrons. The average Bonchev–Trinajstić information content (AvgIpc) is 1.58. The van der Waals surface area contributed by atoms with Crippen molar-refractivity contribution in [3.63, 3.8) is 0 Å². The van der Waals surface area contributed by atoms with Gasteiger partial charge in [-0.3, -0.25) is 34.1 Å². The second kappa shape index (κ2) is 52.3. The summed E-state index contributed by atoms with van der Waals surface area (Å²) < 4.78 is 1.26. The SMILES string of the molecule is CC(=O)C=C(C)O.CC(=O)C=C(C)O.CC(=O)C=C(C)O.CC(=O)C=C(C)O.CC1(C)c2ccccc2-c2c[c-]c(-c3ccc4ccccc4n3)cc21.[Ir].[Ir].[Ir].[Ir].[Ir].[c-]1c(-c2ccccn2)sc2ccccc12.[c-]1ccccc1-c1ccc2ccccc2n1.[c-]1ccccc1-c1ccc2ccccc2n1.[c-]1ccccc1-c1nccc2ccccc12. The summed E-state index contributed by atoms with van der Waals surface area (Å²) in [6, 6.07) is 115. The first-order valence-corrected chi connectivity index (χ1v) is 38.0. The fourth-order valence-electron chi connectivity index (χ4n) is 12.1. The molecule has 0 amide bonds. The Balaban J connectivity index is 0.000000294. The van der Waals surface area contributed by atoms with Crippen molar-refractivity contribution in [1.29, 1.82) is 0 Å². The number of aliphatic hydroxyl groups excluding tert-OH is 4. The monoisotopic (exact) mass is 2510 g/mol. The van der Waals surface area contributed by atoms with Crippen LogP contribution in [0.5, 0.6) is 0 Å². The Hall–Kier alpha value is -11.0. The second-order valence-corrected chi connectivity index (χ2v) is 28.1. The molecule has 0 spiro atoms. The summed E-state index contributed by atoms with van der Waals surface area (Å²) >= 11 is 1.73. The van der Waals surface area contributed by atoms with Gasteiger partial charge in [0.25, 0.3) is 0 Å². The van der Waals surface area contributed by atoms with E-state index in [-0.39, 0.29) is 152 Å². The van der Waals surface area contributed by atoms with Crippen molar-refractivity contribution in [1.82, 2.24) is 24.9 Å². The molecule has 16 aromatic rings. The molecule has 0 fully saturated rings. The van der Waals surface area contributed by atoms with E-state index < -0.39 is 0 Å². The van der Waals surface area contributed by atoms with Gasteiger partial charge in [0.15, 0.2) is 23.1 Å². The van der Waals surface area contributed by atoms with E-state index in [1.165, 1.54) is 139 Å². The number of benzene rings is 10. The Morgan fingerprint density at radius 2 is 0.744 bits per heavy atom. The molecule has 121 heavy (non-hydrogen) atoms. The van der Waals surface area contributed by atoms with Crippen molar-refractivity contribution in [2.24, 2.45) is 0 Å². The molecule has 17 rings (SSSR count). The summed E-state index contributed by atoms with van der Waals surface area (Å²) in [5, 5.41) is 40.5. The van der Waals surface area contributed by atoms with Crippen LogP contribution in [-0.2, 0) is 125 Å². The number of ketones is 4. The first kappa shape index (κ1) is 102. The number of hydrogen-bond acceptors (Lipinski definition) is 14. The predicted molar refractivity (Wildman–Crippen MR) is 474 cm³/mol. The number of carbonyl (C=O) groups is 4. The number of rotatable bonds is 9. The van der Waals surface area contributed by atoms with E-state index in [9.17, 15) is 19.2 Å². The summed E-state index contributed by atoms with van der Waals surface area (Å²) in [5.41, 5.74) is 17.6. The number of aromatic nitrogens is 5. The van der Waals surface area contributed by atoms with Crippen LogP contribution in [0.4, 0.5) is 0 Å². The van der Waals surface area contributed by atoms with Crippen LogP contribution < -0.4 is 0 Å². The molecule has 10 aromatic carbocycles. The van der Waals surface area contributed by atoms with Gasteiger partial charge in [-0.05, 0) is 156 Å². The minimum Gasteiger partial charge on any atom is -0.512 e. The van der Waals surface area contributed by atoms with Crippen LogP contribution >= 0.6 is 11.3 Å². The quantitative estimate of drug-likeness (QED) is 0.0602. The molecule has 0 saturated heterocycles. The zero-order chi connectivity index (χ0) is 82.9. The number of carbonyl (C=O) groups excluding carboxylic acids is 4. The molecule has 13 nitrogen and oxygen atoms in total. The normalized spacial score (nSPS) is 11.1. The third kappa shape index (κ3) is 32.2. The number of fused-ring (bicyclic) bond motifs is 8. The molecule has 6 aromatic heterocycles. The van der Waals surface area contributed by atoms with Gasteiger partial charge in [-0.2, -0.15) is 0 Å². The molecule has 1 aliphatic rings. The van der Waals surface area contributed by atoms with Crippen molar-refractivity contribution in [2.75, 3.05) is 0 Å². The molecule has 0 atom stereocenters. The molecule has 5 radical (unpaired) electrons. The van der Waals surface area contributed by atoms with Gasteiger partial charge in [0.05, 0.1) is 39.6 Å². The zero-order valence-electron chi connectivity index (χ0n) is 67.9.